The van der Waals surface area contributed by atoms with Gasteiger partial charge in [0, 0.05) is 0 Å². The first-order valence-electron chi connectivity index (χ1n) is 4.93. The van der Waals surface area contributed by atoms with Gasteiger partial charge in [0.1, 0.15) is 0 Å². The maximum atomic E-state index is 8.19. The molecule has 0 spiro atoms. The van der Waals surface area contributed by atoms with E-state index in [1.807, 2.05) is 5.92 Å². The molecular formula is C19H3OV-. The standard InChI is InChI=1S/C19H3.O.V/c1-3-5-7-9-11-13-15-17-19-18-16-14-12-10-8-6-4-2;;/h1H3;;/q-1;;. The van der Waals surface area contributed by atoms with Crippen LogP contribution in [-0.4, -0.2) is 0 Å². The zero-order chi connectivity index (χ0) is 16.0. The van der Waals surface area contributed by atoms with Crippen molar-refractivity contribution < 1.29 is 21.0 Å². The molecular weight excluding hydrogens is 295 g/mol. The molecule has 0 saturated carbocycles. The minimum atomic E-state index is 1.06. The van der Waals surface area contributed by atoms with Gasteiger partial charge in [0.2, 0.25) is 0 Å². The molecule has 0 saturated heterocycles. The Morgan fingerprint density at radius 3 is 1.00 bits per heavy atom. The molecule has 0 aromatic rings. The molecule has 0 aliphatic carbocycles. The Balaban J connectivity index is 0. The molecule has 0 amide bonds. The van der Waals surface area contributed by atoms with Gasteiger partial charge in [0.05, 0.1) is 0 Å². The molecule has 0 aromatic carbocycles. The maximum absolute atomic E-state index is 8.19. The van der Waals surface area contributed by atoms with Crippen LogP contribution >= 0.6 is 0 Å². The van der Waals surface area contributed by atoms with E-state index in [0.29, 0.717) is 0 Å². The van der Waals surface area contributed by atoms with E-state index in [9.17, 15) is 0 Å². The van der Waals surface area contributed by atoms with Crippen LogP contribution in [0.3, 0.4) is 0 Å². The fourth-order valence-electron chi connectivity index (χ4n) is 0.500. The van der Waals surface area contributed by atoms with Crippen molar-refractivity contribution in [3.05, 3.63) is 6.42 Å². The first-order valence-corrected chi connectivity index (χ1v) is 5.50. The van der Waals surface area contributed by atoms with Gasteiger partial charge in [-0.1, -0.05) is 5.92 Å². The first kappa shape index (κ1) is 19.8. The number of hydrogen-bond acceptors (Lipinski definition) is 1. The third-order valence-corrected chi connectivity index (χ3v) is 1.06. The van der Waals surface area contributed by atoms with Crippen LogP contribution in [-0.2, 0) is 21.0 Å². The van der Waals surface area contributed by atoms with Crippen molar-refractivity contribution in [3.63, 3.8) is 0 Å². The molecule has 0 heterocycles. The molecule has 2 heteroatoms. The summed E-state index contributed by atoms with van der Waals surface area (Å²) in [6.45, 7) is 1.70. The monoisotopic (exact) mass is 298 g/mol. The van der Waals surface area contributed by atoms with Crippen LogP contribution in [0.5, 0.6) is 0 Å². The molecule has 0 bridgehead atoms. The van der Waals surface area contributed by atoms with E-state index >= 15 is 0 Å². The molecule has 21 heavy (non-hydrogen) atoms. The Hall–Kier alpha value is -3.58. The third kappa shape index (κ3) is 22.1. The second-order valence-corrected chi connectivity index (χ2v) is 2.25. The Morgan fingerprint density at radius 1 is 0.524 bits per heavy atom. The summed E-state index contributed by atoms with van der Waals surface area (Å²) in [5, 5.41) is 0. The van der Waals surface area contributed by atoms with Gasteiger partial charge < -0.3 is 6.42 Å². The van der Waals surface area contributed by atoms with Crippen molar-refractivity contribution in [2.75, 3.05) is 0 Å². The van der Waals surface area contributed by atoms with E-state index in [-0.39, 0.29) is 0 Å². The van der Waals surface area contributed by atoms with Crippen LogP contribution in [0.15, 0.2) is 0 Å². The van der Waals surface area contributed by atoms with Gasteiger partial charge in [-0.2, -0.15) is 0 Å². The van der Waals surface area contributed by atoms with Gasteiger partial charge in [0.25, 0.3) is 0 Å². The Kier molecular flexibility index (Phi) is 20.4. The first-order chi connectivity index (χ1) is 10.4. The van der Waals surface area contributed by atoms with Crippen LogP contribution in [0, 0.1) is 107 Å². The summed E-state index contributed by atoms with van der Waals surface area (Å²) >= 11 is 1.06. The zero-order valence-electron chi connectivity index (χ0n) is 10.9. The average molecular weight is 298 g/mol. The predicted octanol–water partition coefficient (Wildman–Crippen LogP) is 0.502. The second-order valence-electron chi connectivity index (χ2n) is 2.25. The van der Waals surface area contributed by atoms with Crippen LogP contribution in [0.4, 0.5) is 0 Å². The Labute approximate surface area is 135 Å². The van der Waals surface area contributed by atoms with Gasteiger partial charge in [0.15, 0.2) is 0 Å². The molecule has 0 aliphatic rings. The van der Waals surface area contributed by atoms with Crippen molar-refractivity contribution in [1.82, 2.24) is 0 Å². The Morgan fingerprint density at radius 2 is 0.762 bits per heavy atom. The zero-order valence-corrected chi connectivity index (χ0v) is 12.3. The summed E-state index contributed by atoms with van der Waals surface area (Å²) in [6, 6.07) is 0. The summed E-state index contributed by atoms with van der Waals surface area (Å²) in [4.78, 5) is 0. The van der Waals surface area contributed by atoms with E-state index in [0.717, 1.165) is 17.4 Å². The number of rotatable bonds is 0. The summed E-state index contributed by atoms with van der Waals surface area (Å²) in [7, 11) is 0. The molecule has 0 N–H and O–H groups in total. The van der Waals surface area contributed by atoms with E-state index in [4.69, 9.17) is 10.1 Å². The summed E-state index contributed by atoms with van der Waals surface area (Å²) in [5.74, 6) is 41.3. The van der Waals surface area contributed by atoms with E-state index in [2.05, 4.69) is 94.7 Å². The topological polar surface area (TPSA) is 17.1 Å². The fourth-order valence-corrected chi connectivity index (χ4v) is 0.500. The third-order valence-electron chi connectivity index (χ3n) is 1.06. The molecule has 0 unspecified atom stereocenters. The van der Waals surface area contributed by atoms with Crippen LogP contribution in [0.2, 0.25) is 0 Å². The molecule has 0 atom stereocenters. The van der Waals surface area contributed by atoms with E-state index < -0.39 is 0 Å². The van der Waals surface area contributed by atoms with E-state index in [1.165, 1.54) is 0 Å². The normalized spacial score (nSPS) is 3.57. The van der Waals surface area contributed by atoms with Crippen LogP contribution < -0.4 is 0 Å². The Bertz CT molecular complexity index is 884. The minimum absolute atomic E-state index is 1.06. The quantitative estimate of drug-likeness (QED) is 0.470. The summed E-state index contributed by atoms with van der Waals surface area (Å²) in [6.07, 6.45) is 6.49. The van der Waals surface area contributed by atoms with Gasteiger partial charge in [-0.3, -0.25) is 5.92 Å². The van der Waals surface area contributed by atoms with Gasteiger partial charge in [-0.15, -0.1) is 5.92 Å². The van der Waals surface area contributed by atoms with Crippen molar-refractivity contribution in [2.45, 2.75) is 6.92 Å². The van der Waals surface area contributed by atoms with Crippen molar-refractivity contribution >= 4 is 0 Å². The SMILES string of the molecule is [C-]#CC#CC#CC#CC#CC#CC#CC#CC#CC.[O]=[V]. The molecule has 0 fully saturated rings. The fraction of sp³-hybridized carbons (Fsp3) is 0.0526. The summed E-state index contributed by atoms with van der Waals surface area (Å²) < 4.78 is 8.19. The molecule has 1 nitrogen and oxygen atoms in total. The van der Waals surface area contributed by atoms with Crippen molar-refractivity contribution in [3.8, 4) is 101 Å². The second kappa shape index (κ2) is 21.7. The molecule has 0 aliphatic heterocycles. The van der Waals surface area contributed by atoms with Crippen molar-refractivity contribution in [1.29, 1.82) is 0 Å². The van der Waals surface area contributed by atoms with Gasteiger partial charge in [-0.25, -0.2) is 5.92 Å². The molecule has 0 radical (unpaired) electrons. The van der Waals surface area contributed by atoms with Gasteiger partial charge >= 0.3 is 21.0 Å². The molecule has 91 valence electrons. The predicted molar refractivity (Wildman–Crippen MR) is 75.7 cm³/mol. The van der Waals surface area contributed by atoms with Crippen LogP contribution in [0.25, 0.3) is 0 Å². The van der Waals surface area contributed by atoms with Crippen molar-refractivity contribution in [2.24, 2.45) is 0 Å². The van der Waals surface area contributed by atoms with E-state index in [1.54, 1.807) is 6.92 Å². The summed E-state index contributed by atoms with van der Waals surface area (Å²) in [5.41, 5.74) is 0. The van der Waals surface area contributed by atoms with Crippen LogP contribution in [0.1, 0.15) is 6.92 Å². The number of hydrogen-bond donors (Lipinski definition) is 0. The van der Waals surface area contributed by atoms with Gasteiger partial charge in [-0.05, 0) is 83.9 Å². The average Bonchev–Trinajstić information content (AvgIpc) is 2.53. The molecule has 0 aromatic heterocycles. The molecule has 0 rings (SSSR count).